The minimum absolute atomic E-state index is 0.349. The van der Waals surface area contributed by atoms with Crippen LogP contribution in [0.2, 0.25) is 0 Å². The van der Waals surface area contributed by atoms with Gasteiger partial charge in [0, 0.05) is 58.7 Å². The van der Waals surface area contributed by atoms with Crippen molar-refractivity contribution >= 4 is 35.3 Å². The van der Waals surface area contributed by atoms with E-state index in [1.165, 1.54) is 23.5 Å². The Morgan fingerprint density at radius 3 is 2.17 bits per heavy atom. The summed E-state index contributed by atoms with van der Waals surface area (Å²) >= 11 is 4.58. The van der Waals surface area contributed by atoms with E-state index in [0.29, 0.717) is 69.2 Å². The van der Waals surface area contributed by atoms with Gasteiger partial charge in [-0.3, -0.25) is 15.0 Å². The molecule has 13 nitrogen and oxygen atoms in total. The summed E-state index contributed by atoms with van der Waals surface area (Å²) in [6.45, 7) is 1.03. The van der Waals surface area contributed by atoms with E-state index in [2.05, 4.69) is 46.6 Å². The van der Waals surface area contributed by atoms with E-state index in [-0.39, 0.29) is 0 Å². The van der Waals surface area contributed by atoms with E-state index in [1.54, 1.807) is 30.4 Å². The van der Waals surface area contributed by atoms with Crippen molar-refractivity contribution in [2.24, 2.45) is 0 Å². The maximum atomic E-state index is 6.09. The summed E-state index contributed by atoms with van der Waals surface area (Å²) < 4.78 is 23.5. The van der Waals surface area contributed by atoms with Crippen molar-refractivity contribution in [1.82, 2.24) is 45.5 Å². The van der Waals surface area contributed by atoms with Gasteiger partial charge < -0.3 is 18.0 Å². The highest BCUT2D eigenvalue weighted by Crippen LogP contribution is 2.40. The second-order valence-corrected chi connectivity index (χ2v) is 15.4. The first-order valence-corrected chi connectivity index (χ1v) is 19.9. The van der Waals surface area contributed by atoms with Gasteiger partial charge in [-0.15, -0.1) is 30.6 Å². The molecule has 2 atom stereocenters. The van der Waals surface area contributed by atoms with Crippen molar-refractivity contribution in [2.75, 3.05) is 12.4 Å². The molecule has 268 valence electrons. The normalized spacial score (nSPS) is 15.8. The zero-order valence-corrected chi connectivity index (χ0v) is 30.8. The lowest BCUT2D eigenvalue weighted by molar-refractivity contribution is 0.136. The van der Waals surface area contributed by atoms with E-state index in [1.807, 2.05) is 66.9 Å². The van der Waals surface area contributed by atoms with Gasteiger partial charge in [0.2, 0.25) is 17.7 Å². The van der Waals surface area contributed by atoms with Crippen LogP contribution < -0.4 is 0 Å². The molecule has 0 saturated heterocycles. The highest BCUT2D eigenvalue weighted by molar-refractivity contribution is 7.99. The molecule has 6 aromatic heterocycles. The molecule has 1 aliphatic rings. The smallest absolute Gasteiger partial charge is 0.277 e. The zero-order chi connectivity index (χ0) is 35.7. The third kappa shape index (κ3) is 9.37. The number of ether oxygens (including phenoxy) is 1. The average molecular weight is 764 g/mol. The fraction of sp³-hybridized carbons (Fsp3) is 0.270. The fourth-order valence-electron chi connectivity index (χ4n) is 5.81. The second-order valence-electron chi connectivity index (χ2n) is 12.1. The SMILES string of the molecule is c1ccc(CSc2nnc(-c3ccc(C4CCCC(Sc5nnc(-c6ccc(COCCSc7nnc(-c8cccnc8)o7)cc6)o5)C4)nc3)o2)nc1. The molecule has 2 unspecified atom stereocenters. The molecule has 16 heteroatoms. The molecule has 1 saturated carbocycles. The predicted molar refractivity (Wildman–Crippen MR) is 200 cm³/mol. The van der Waals surface area contributed by atoms with Crippen LogP contribution in [-0.4, -0.2) is 63.2 Å². The summed E-state index contributed by atoms with van der Waals surface area (Å²) in [4.78, 5) is 13.2. The first-order chi connectivity index (χ1) is 26.2. The van der Waals surface area contributed by atoms with Crippen molar-refractivity contribution in [3.05, 3.63) is 108 Å². The number of rotatable bonds is 15. The first kappa shape index (κ1) is 35.1. The van der Waals surface area contributed by atoms with E-state index in [9.17, 15) is 0 Å². The zero-order valence-electron chi connectivity index (χ0n) is 28.4. The Labute approximate surface area is 317 Å². The lowest BCUT2D eigenvalue weighted by Crippen LogP contribution is -2.17. The maximum Gasteiger partial charge on any atom is 0.277 e. The standard InChI is InChI=1S/C37H33N9O4S3/c1-2-16-39-29(7-1)23-52-36-45-43-34(49-36)28-13-14-31(40-21-28)26-5-3-8-30(19-26)53-37-46-41-32(50-37)25-11-9-24(10-12-25)22-47-17-18-51-35-44-42-33(48-35)27-6-4-15-38-20-27/h1-2,4,6-7,9-16,20-21,26,30H,3,5,8,17-19,22-23H2. The monoisotopic (exact) mass is 763 g/mol. The molecule has 1 fully saturated rings. The van der Waals surface area contributed by atoms with Crippen molar-refractivity contribution in [3.8, 4) is 34.4 Å². The largest absolute Gasteiger partial charge is 0.411 e. The number of pyridine rings is 3. The molecule has 0 amide bonds. The molecule has 0 N–H and O–H groups in total. The number of hydrogen-bond donors (Lipinski definition) is 0. The van der Waals surface area contributed by atoms with Crippen LogP contribution in [0.4, 0.5) is 0 Å². The van der Waals surface area contributed by atoms with Crippen LogP contribution in [0.15, 0.2) is 120 Å². The Morgan fingerprint density at radius 2 is 1.42 bits per heavy atom. The molecule has 0 radical (unpaired) electrons. The molecule has 0 spiro atoms. The van der Waals surface area contributed by atoms with Crippen LogP contribution in [0.3, 0.4) is 0 Å². The highest BCUT2D eigenvalue weighted by Gasteiger charge is 2.27. The average Bonchev–Trinajstić information content (AvgIpc) is 4.01. The Balaban J connectivity index is 0.777. The van der Waals surface area contributed by atoms with Gasteiger partial charge in [-0.2, -0.15) is 0 Å². The van der Waals surface area contributed by atoms with E-state index >= 15 is 0 Å². The summed E-state index contributed by atoms with van der Waals surface area (Å²) in [6, 6.07) is 21.6. The summed E-state index contributed by atoms with van der Waals surface area (Å²) in [5, 5.41) is 27.2. The van der Waals surface area contributed by atoms with Crippen LogP contribution >= 0.6 is 35.3 Å². The van der Waals surface area contributed by atoms with Gasteiger partial charge in [-0.05, 0) is 73.4 Å². The number of nitrogens with zero attached hydrogens (tertiary/aromatic N) is 9. The molecule has 53 heavy (non-hydrogen) atoms. The Kier molecular flexibility index (Phi) is 11.5. The maximum absolute atomic E-state index is 6.09. The summed E-state index contributed by atoms with van der Waals surface area (Å²) in [6.07, 6.45) is 11.3. The van der Waals surface area contributed by atoms with Gasteiger partial charge in [0.15, 0.2) is 0 Å². The van der Waals surface area contributed by atoms with E-state index < -0.39 is 0 Å². The fourth-order valence-corrected chi connectivity index (χ4v) is 8.21. The minimum atomic E-state index is 0.349. The first-order valence-electron chi connectivity index (χ1n) is 17.1. The van der Waals surface area contributed by atoms with Gasteiger partial charge in [-0.25, -0.2) is 0 Å². The summed E-state index contributed by atoms with van der Waals surface area (Å²) in [5.74, 6) is 3.13. The Bertz CT molecular complexity index is 2180. The Hall–Kier alpha value is -4.90. The van der Waals surface area contributed by atoms with Gasteiger partial charge >= 0.3 is 0 Å². The topological polar surface area (TPSA) is 165 Å². The van der Waals surface area contributed by atoms with Crippen molar-refractivity contribution in [1.29, 1.82) is 0 Å². The molecule has 6 heterocycles. The lowest BCUT2D eigenvalue weighted by atomic mass is 9.86. The predicted octanol–water partition coefficient (Wildman–Crippen LogP) is 8.44. The van der Waals surface area contributed by atoms with Crippen LogP contribution in [-0.2, 0) is 17.1 Å². The molecule has 0 aliphatic heterocycles. The minimum Gasteiger partial charge on any atom is -0.411 e. The van der Waals surface area contributed by atoms with Gasteiger partial charge in [-0.1, -0.05) is 59.9 Å². The van der Waals surface area contributed by atoms with E-state index in [4.69, 9.17) is 23.0 Å². The number of hydrogen-bond acceptors (Lipinski definition) is 16. The molecular weight excluding hydrogens is 731 g/mol. The highest BCUT2D eigenvalue weighted by atomic mass is 32.2. The molecule has 8 rings (SSSR count). The molecule has 0 bridgehead atoms. The molecule has 1 aromatic carbocycles. The van der Waals surface area contributed by atoms with Gasteiger partial charge in [0.1, 0.15) is 0 Å². The number of thioether (sulfide) groups is 3. The molecule has 7 aromatic rings. The van der Waals surface area contributed by atoms with Gasteiger partial charge in [0.25, 0.3) is 15.7 Å². The summed E-state index contributed by atoms with van der Waals surface area (Å²) in [7, 11) is 0. The van der Waals surface area contributed by atoms with E-state index in [0.717, 1.165) is 59.3 Å². The van der Waals surface area contributed by atoms with Crippen molar-refractivity contribution in [2.45, 2.75) is 64.9 Å². The quantitative estimate of drug-likeness (QED) is 0.0721. The third-order valence-electron chi connectivity index (χ3n) is 8.47. The lowest BCUT2D eigenvalue weighted by Gasteiger charge is -2.27. The van der Waals surface area contributed by atoms with Crippen LogP contribution in [0.1, 0.15) is 48.6 Å². The third-order valence-corrected chi connectivity index (χ3v) is 11.2. The van der Waals surface area contributed by atoms with Crippen LogP contribution in [0.5, 0.6) is 0 Å². The van der Waals surface area contributed by atoms with Gasteiger partial charge in [0.05, 0.1) is 30.0 Å². The summed E-state index contributed by atoms with van der Waals surface area (Å²) in [5.41, 5.74) is 5.55. The van der Waals surface area contributed by atoms with Crippen molar-refractivity contribution in [3.63, 3.8) is 0 Å². The molecule has 1 aliphatic carbocycles. The second kappa shape index (κ2) is 17.3. The van der Waals surface area contributed by atoms with Crippen molar-refractivity contribution < 1.29 is 18.0 Å². The number of aromatic nitrogens is 9. The Morgan fingerprint density at radius 1 is 0.660 bits per heavy atom. The number of benzene rings is 1. The molecular formula is C37H33N9O4S3. The van der Waals surface area contributed by atoms with Crippen LogP contribution in [0.25, 0.3) is 34.4 Å². The van der Waals surface area contributed by atoms with Crippen LogP contribution in [0, 0.1) is 0 Å².